The summed E-state index contributed by atoms with van der Waals surface area (Å²) in [5.74, 6) is 0.144. The van der Waals surface area contributed by atoms with E-state index in [1.807, 2.05) is 4.57 Å². The van der Waals surface area contributed by atoms with Gasteiger partial charge in [-0.25, -0.2) is 4.98 Å². The number of halogens is 3. The molecule has 9 heteroatoms. The molecule has 3 heterocycles. The number of piperidine rings is 1. The number of hydrogen-bond acceptors (Lipinski definition) is 4. The van der Waals surface area contributed by atoms with Gasteiger partial charge in [-0.3, -0.25) is 9.59 Å². The summed E-state index contributed by atoms with van der Waals surface area (Å²) < 4.78 is 46.2. The highest BCUT2D eigenvalue weighted by molar-refractivity contribution is 5.92. The van der Waals surface area contributed by atoms with Crippen molar-refractivity contribution in [1.82, 2.24) is 14.5 Å². The minimum Gasteiger partial charge on any atom is -0.466 e. The summed E-state index contributed by atoms with van der Waals surface area (Å²) in [5.41, 5.74) is 0.348. The first-order valence-corrected chi connectivity index (χ1v) is 11.0. The van der Waals surface area contributed by atoms with Crippen LogP contribution in [-0.2, 0) is 28.7 Å². The molecule has 0 bridgehead atoms. The number of benzene rings is 1. The Kier molecular flexibility index (Phi) is 6.26. The molecule has 6 nitrogen and oxygen atoms in total. The predicted molar refractivity (Wildman–Crippen MR) is 110 cm³/mol. The molecule has 0 saturated carbocycles. The van der Waals surface area contributed by atoms with Crippen LogP contribution in [0.25, 0.3) is 0 Å². The Morgan fingerprint density at radius 3 is 2.62 bits per heavy atom. The number of likely N-dealkylation sites (tertiary alicyclic amines) is 1. The summed E-state index contributed by atoms with van der Waals surface area (Å²) in [6, 6.07) is 5.46. The van der Waals surface area contributed by atoms with Gasteiger partial charge in [0.15, 0.2) is 0 Å². The molecule has 2 aliphatic heterocycles. The van der Waals surface area contributed by atoms with Crippen molar-refractivity contribution in [3.63, 3.8) is 0 Å². The van der Waals surface area contributed by atoms with Crippen molar-refractivity contribution in [2.45, 2.75) is 51.2 Å². The Morgan fingerprint density at radius 1 is 1.19 bits per heavy atom. The van der Waals surface area contributed by atoms with Gasteiger partial charge in [0, 0.05) is 38.2 Å². The molecular formula is C23H26F3N3O3. The Bertz CT molecular complexity index is 994. The smallest absolute Gasteiger partial charge is 0.416 e. The lowest BCUT2D eigenvalue weighted by molar-refractivity contribution is -0.149. The number of amides is 1. The van der Waals surface area contributed by atoms with E-state index in [-0.39, 0.29) is 23.7 Å². The number of imidazole rings is 1. The second-order valence-electron chi connectivity index (χ2n) is 8.37. The molecule has 1 saturated heterocycles. The lowest BCUT2D eigenvalue weighted by Gasteiger charge is -2.30. The Balaban J connectivity index is 1.42. The van der Waals surface area contributed by atoms with E-state index in [1.54, 1.807) is 24.1 Å². The summed E-state index contributed by atoms with van der Waals surface area (Å²) in [7, 11) is 0. The first kappa shape index (κ1) is 22.4. The topological polar surface area (TPSA) is 64.4 Å². The third-order valence-corrected chi connectivity index (χ3v) is 6.30. The molecule has 1 amide bonds. The largest absolute Gasteiger partial charge is 0.466 e. The number of nitrogens with zero attached hydrogens (tertiary/aromatic N) is 3. The van der Waals surface area contributed by atoms with Crippen LogP contribution >= 0.6 is 0 Å². The number of esters is 1. The van der Waals surface area contributed by atoms with Gasteiger partial charge in [0.25, 0.3) is 5.91 Å². The number of carbonyl (C=O) groups excluding carboxylic acids is 2. The van der Waals surface area contributed by atoms with Crippen LogP contribution in [-0.4, -0.2) is 46.0 Å². The summed E-state index contributed by atoms with van der Waals surface area (Å²) in [6.45, 7) is 3.55. The van der Waals surface area contributed by atoms with Crippen LogP contribution in [0.3, 0.4) is 0 Å². The zero-order chi connectivity index (χ0) is 22.9. The van der Waals surface area contributed by atoms with Gasteiger partial charge in [-0.2, -0.15) is 13.2 Å². The average Bonchev–Trinajstić information content (AvgIpc) is 3.22. The minimum atomic E-state index is -4.37. The molecule has 4 rings (SSSR count). The molecule has 1 unspecified atom stereocenters. The number of fused-ring (bicyclic) bond motifs is 1. The van der Waals surface area contributed by atoms with Crippen molar-refractivity contribution < 1.29 is 27.5 Å². The minimum absolute atomic E-state index is 0.0673. The van der Waals surface area contributed by atoms with Gasteiger partial charge in [-0.15, -0.1) is 0 Å². The molecule has 1 atom stereocenters. The second kappa shape index (κ2) is 8.96. The highest BCUT2D eigenvalue weighted by Gasteiger charge is 2.33. The molecule has 2 aromatic rings. The van der Waals surface area contributed by atoms with Crippen molar-refractivity contribution in [2.24, 2.45) is 5.92 Å². The predicted octanol–water partition coefficient (Wildman–Crippen LogP) is 4.05. The van der Waals surface area contributed by atoms with Crippen molar-refractivity contribution in [2.75, 3.05) is 19.7 Å². The fourth-order valence-corrected chi connectivity index (χ4v) is 4.53. The zero-order valence-electron chi connectivity index (χ0n) is 17.9. The molecule has 1 fully saturated rings. The third-order valence-electron chi connectivity index (χ3n) is 6.30. The van der Waals surface area contributed by atoms with E-state index in [0.29, 0.717) is 63.2 Å². The molecule has 1 aromatic carbocycles. The lowest BCUT2D eigenvalue weighted by Crippen LogP contribution is -2.40. The number of alkyl halides is 3. The van der Waals surface area contributed by atoms with E-state index in [9.17, 15) is 22.8 Å². The SMILES string of the molecule is CCOC(=O)C1CCN(C(=O)c2cn3c(n2)CCC(c2cccc(C(F)(F)F)c2)C3)CC1. The van der Waals surface area contributed by atoms with E-state index >= 15 is 0 Å². The molecule has 32 heavy (non-hydrogen) atoms. The van der Waals surface area contributed by atoms with Crippen molar-refractivity contribution in [3.8, 4) is 0 Å². The molecule has 0 aliphatic carbocycles. The molecule has 1 aromatic heterocycles. The maximum Gasteiger partial charge on any atom is 0.416 e. The Labute approximate surface area is 184 Å². The number of aryl methyl sites for hydroxylation is 1. The van der Waals surface area contributed by atoms with Gasteiger partial charge < -0.3 is 14.2 Å². The summed E-state index contributed by atoms with van der Waals surface area (Å²) in [5, 5.41) is 0. The summed E-state index contributed by atoms with van der Waals surface area (Å²) >= 11 is 0. The number of ether oxygens (including phenoxy) is 1. The zero-order valence-corrected chi connectivity index (χ0v) is 17.9. The summed E-state index contributed by atoms with van der Waals surface area (Å²) in [4.78, 5) is 31.0. The first-order valence-electron chi connectivity index (χ1n) is 11.0. The highest BCUT2D eigenvalue weighted by atomic mass is 19.4. The number of hydrogen-bond donors (Lipinski definition) is 0. The van der Waals surface area contributed by atoms with Crippen molar-refractivity contribution in [1.29, 1.82) is 0 Å². The van der Waals surface area contributed by atoms with Crippen molar-refractivity contribution >= 4 is 11.9 Å². The number of carbonyl (C=O) groups is 2. The molecule has 172 valence electrons. The monoisotopic (exact) mass is 449 g/mol. The van der Waals surface area contributed by atoms with E-state index in [0.717, 1.165) is 11.9 Å². The summed E-state index contributed by atoms with van der Waals surface area (Å²) in [6.07, 6.45) is -0.262. The van der Waals surface area contributed by atoms with Crippen LogP contribution in [0.5, 0.6) is 0 Å². The van der Waals surface area contributed by atoms with Crippen molar-refractivity contribution in [3.05, 3.63) is 53.1 Å². The third kappa shape index (κ3) is 4.66. The number of rotatable bonds is 4. The molecule has 0 spiro atoms. The first-order chi connectivity index (χ1) is 15.3. The molecular weight excluding hydrogens is 423 g/mol. The van der Waals surface area contributed by atoms with Gasteiger partial charge in [0.1, 0.15) is 11.5 Å². The van der Waals surface area contributed by atoms with Gasteiger partial charge >= 0.3 is 12.1 Å². The lowest BCUT2D eigenvalue weighted by atomic mass is 9.90. The van der Waals surface area contributed by atoms with Crippen LogP contribution in [0.2, 0.25) is 0 Å². The van der Waals surface area contributed by atoms with Crippen LogP contribution in [0.15, 0.2) is 30.5 Å². The quantitative estimate of drug-likeness (QED) is 0.661. The van der Waals surface area contributed by atoms with E-state index in [1.165, 1.54) is 12.1 Å². The van der Waals surface area contributed by atoms with E-state index in [2.05, 4.69) is 4.98 Å². The Morgan fingerprint density at radius 2 is 1.94 bits per heavy atom. The van der Waals surface area contributed by atoms with Crippen LogP contribution in [0.4, 0.5) is 13.2 Å². The maximum absolute atomic E-state index is 13.1. The molecule has 0 N–H and O–H groups in total. The number of aromatic nitrogens is 2. The molecule has 2 aliphatic rings. The fraction of sp³-hybridized carbons (Fsp3) is 0.522. The second-order valence-corrected chi connectivity index (χ2v) is 8.37. The average molecular weight is 449 g/mol. The van der Waals surface area contributed by atoms with Crippen LogP contribution in [0.1, 0.15) is 59.5 Å². The van der Waals surface area contributed by atoms with Gasteiger partial charge in [0.2, 0.25) is 0 Å². The van der Waals surface area contributed by atoms with Gasteiger partial charge in [-0.05, 0) is 37.8 Å². The van der Waals surface area contributed by atoms with E-state index in [4.69, 9.17) is 4.74 Å². The van der Waals surface area contributed by atoms with Gasteiger partial charge in [0.05, 0.1) is 18.1 Å². The van der Waals surface area contributed by atoms with Crippen LogP contribution in [0, 0.1) is 5.92 Å². The van der Waals surface area contributed by atoms with Crippen LogP contribution < -0.4 is 0 Å². The normalized spacial score (nSPS) is 19.5. The van der Waals surface area contributed by atoms with E-state index < -0.39 is 11.7 Å². The van der Waals surface area contributed by atoms with Gasteiger partial charge in [-0.1, -0.05) is 18.2 Å². The fourth-order valence-electron chi connectivity index (χ4n) is 4.53. The standard InChI is InChI=1S/C23H26F3N3O3/c1-2-32-22(31)15-8-10-28(11-9-15)21(30)19-14-29-13-17(6-7-20(29)27-19)16-4-3-5-18(12-16)23(24,25)26/h3-5,12,14-15,17H,2,6-11,13H2,1H3. The Hall–Kier alpha value is -2.84. The maximum atomic E-state index is 13.1. The highest BCUT2D eigenvalue weighted by Crippen LogP contribution is 2.34. The molecule has 0 radical (unpaired) electrons.